The molecule has 0 aliphatic rings. The Hall–Kier alpha value is -0.640. The van der Waals surface area contributed by atoms with Crippen molar-refractivity contribution in [3.8, 4) is 0 Å². The van der Waals surface area contributed by atoms with E-state index in [-0.39, 0.29) is 0 Å². The van der Waals surface area contributed by atoms with Crippen molar-refractivity contribution in [2.75, 3.05) is 6.54 Å². The summed E-state index contributed by atoms with van der Waals surface area (Å²) in [4.78, 5) is 2.83. The second kappa shape index (κ2) is 6.69. The normalized spacial score (nSPS) is 12.6. The molecule has 1 aromatic heterocycles. The Morgan fingerprint density at radius 2 is 1.89 bits per heavy atom. The third-order valence-electron chi connectivity index (χ3n) is 3.26. The van der Waals surface area contributed by atoms with Gasteiger partial charge in [0.1, 0.15) is 0 Å². The topological polar surface area (TPSA) is 12.0 Å². The number of hydrogen-bond acceptors (Lipinski definition) is 2. The highest BCUT2D eigenvalue weighted by atomic mass is 79.9. The van der Waals surface area contributed by atoms with Crippen LogP contribution in [0.15, 0.2) is 34.8 Å². The van der Waals surface area contributed by atoms with Gasteiger partial charge in [0.25, 0.3) is 0 Å². The van der Waals surface area contributed by atoms with E-state index in [1.165, 1.54) is 20.9 Å². The van der Waals surface area contributed by atoms with Crippen LogP contribution in [-0.2, 0) is 6.42 Å². The lowest BCUT2D eigenvalue weighted by Gasteiger charge is -2.18. The summed E-state index contributed by atoms with van der Waals surface area (Å²) in [5, 5.41) is 3.61. The van der Waals surface area contributed by atoms with Crippen molar-refractivity contribution in [1.82, 2.24) is 5.32 Å². The standard InChI is InChI=1S/C16H20BrNS/c1-4-18-16(15-9-11(2)19-12(15)3)10-13-5-7-14(17)8-6-13/h5-9,16,18H,4,10H2,1-3H3. The largest absolute Gasteiger partial charge is 0.310 e. The van der Waals surface area contributed by atoms with Crippen molar-refractivity contribution in [2.45, 2.75) is 33.2 Å². The molecule has 0 bridgehead atoms. The van der Waals surface area contributed by atoms with Crippen molar-refractivity contribution in [1.29, 1.82) is 0 Å². The molecule has 102 valence electrons. The highest BCUT2D eigenvalue weighted by Crippen LogP contribution is 2.28. The maximum absolute atomic E-state index is 3.61. The van der Waals surface area contributed by atoms with Crippen LogP contribution in [0.5, 0.6) is 0 Å². The maximum atomic E-state index is 3.61. The highest BCUT2D eigenvalue weighted by Gasteiger charge is 2.15. The molecular weight excluding hydrogens is 318 g/mol. The van der Waals surface area contributed by atoms with E-state index in [0.717, 1.165) is 17.4 Å². The smallest absolute Gasteiger partial charge is 0.0371 e. The molecule has 0 aliphatic heterocycles. The molecule has 19 heavy (non-hydrogen) atoms. The number of hydrogen-bond donors (Lipinski definition) is 1. The Kier molecular flexibility index (Phi) is 5.20. The van der Waals surface area contributed by atoms with Gasteiger partial charge in [0.15, 0.2) is 0 Å². The number of nitrogens with one attached hydrogen (secondary N) is 1. The quantitative estimate of drug-likeness (QED) is 0.807. The predicted molar refractivity (Wildman–Crippen MR) is 88.1 cm³/mol. The van der Waals surface area contributed by atoms with Crippen molar-refractivity contribution in [2.24, 2.45) is 0 Å². The van der Waals surface area contributed by atoms with E-state index in [4.69, 9.17) is 0 Å². The van der Waals surface area contributed by atoms with Crippen LogP contribution in [0.25, 0.3) is 0 Å². The van der Waals surface area contributed by atoms with Gasteiger partial charge in [-0.3, -0.25) is 0 Å². The van der Waals surface area contributed by atoms with Gasteiger partial charge in [-0.05, 0) is 56.1 Å². The van der Waals surface area contributed by atoms with Gasteiger partial charge < -0.3 is 5.32 Å². The predicted octanol–water partition coefficient (Wildman–Crippen LogP) is 5.02. The van der Waals surface area contributed by atoms with Gasteiger partial charge in [0.05, 0.1) is 0 Å². The summed E-state index contributed by atoms with van der Waals surface area (Å²) in [6, 6.07) is 11.4. The Bertz CT molecular complexity index is 530. The lowest BCUT2D eigenvalue weighted by atomic mass is 9.99. The summed E-state index contributed by atoms with van der Waals surface area (Å²) in [5.41, 5.74) is 2.82. The molecule has 1 unspecified atom stereocenters. The first kappa shape index (κ1) is 14.8. The monoisotopic (exact) mass is 337 g/mol. The molecule has 3 heteroatoms. The lowest BCUT2D eigenvalue weighted by Crippen LogP contribution is -2.23. The number of benzene rings is 1. The summed E-state index contributed by atoms with van der Waals surface area (Å²) in [7, 11) is 0. The summed E-state index contributed by atoms with van der Waals surface area (Å²) < 4.78 is 1.14. The molecule has 1 aromatic carbocycles. The third-order valence-corrected chi connectivity index (χ3v) is 4.77. The zero-order valence-electron chi connectivity index (χ0n) is 11.7. The summed E-state index contributed by atoms with van der Waals surface area (Å²) in [6.07, 6.45) is 1.04. The average molecular weight is 338 g/mol. The summed E-state index contributed by atoms with van der Waals surface area (Å²) in [6.45, 7) is 7.57. The average Bonchev–Trinajstić information content (AvgIpc) is 2.71. The molecule has 1 N–H and O–H groups in total. The van der Waals surface area contributed by atoms with Crippen molar-refractivity contribution in [3.63, 3.8) is 0 Å². The van der Waals surface area contributed by atoms with Crippen molar-refractivity contribution < 1.29 is 0 Å². The van der Waals surface area contributed by atoms with Gasteiger partial charge in [-0.1, -0.05) is 35.0 Å². The number of likely N-dealkylation sites (N-methyl/N-ethyl adjacent to an activating group) is 1. The van der Waals surface area contributed by atoms with E-state index in [1.54, 1.807) is 0 Å². The maximum Gasteiger partial charge on any atom is 0.0371 e. The first-order valence-electron chi connectivity index (χ1n) is 6.65. The number of halogens is 1. The summed E-state index contributed by atoms with van der Waals surface area (Å²) >= 11 is 5.38. The van der Waals surface area contributed by atoms with Gasteiger partial charge in [0.2, 0.25) is 0 Å². The van der Waals surface area contributed by atoms with Gasteiger partial charge in [0, 0.05) is 20.3 Å². The second-order valence-electron chi connectivity index (χ2n) is 4.81. The molecule has 0 radical (unpaired) electrons. The van der Waals surface area contributed by atoms with Crippen LogP contribution in [-0.4, -0.2) is 6.54 Å². The molecule has 0 fully saturated rings. The van der Waals surface area contributed by atoms with Crippen LogP contribution in [0.3, 0.4) is 0 Å². The molecule has 1 nitrogen and oxygen atoms in total. The van der Waals surface area contributed by atoms with E-state index in [2.05, 4.69) is 72.3 Å². The van der Waals surface area contributed by atoms with Gasteiger partial charge in [-0.15, -0.1) is 11.3 Å². The molecule has 1 heterocycles. The third kappa shape index (κ3) is 3.91. The zero-order chi connectivity index (χ0) is 13.8. The minimum Gasteiger partial charge on any atom is -0.310 e. The summed E-state index contributed by atoms with van der Waals surface area (Å²) in [5.74, 6) is 0. The minimum atomic E-state index is 0.413. The number of thiophene rings is 1. The SMILES string of the molecule is CCNC(Cc1ccc(Br)cc1)c1cc(C)sc1C. The molecule has 0 saturated heterocycles. The molecular formula is C16H20BrNS. The van der Waals surface area contributed by atoms with E-state index in [9.17, 15) is 0 Å². The Balaban J connectivity index is 2.20. The Labute approximate surface area is 128 Å². The molecule has 0 aliphatic carbocycles. The minimum absolute atomic E-state index is 0.413. The van der Waals surface area contributed by atoms with E-state index < -0.39 is 0 Å². The van der Waals surface area contributed by atoms with Crippen molar-refractivity contribution >= 4 is 27.3 Å². The molecule has 0 spiro atoms. The molecule has 0 saturated carbocycles. The Morgan fingerprint density at radius 3 is 2.42 bits per heavy atom. The fourth-order valence-corrected chi connectivity index (χ4v) is 3.64. The fraction of sp³-hybridized carbons (Fsp3) is 0.375. The Morgan fingerprint density at radius 1 is 1.21 bits per heavy atom. The molecule has 0 amide bonds. The van der Waals surface area contributed by atoms with E-state index >= 15 is 0 Å². The first-order valence-corrected chi connectivity index (χ1v) is 8.26. The number of rotatable bonds is 5. The van der Waals surface area contributed by atoms with Crippen LogP contribution in [0.2, 0.25) is 0 Å². The van der Waals surface area contributed by atoms with Gasteiger partial charge in [-0.25, -0.2) is 0 Å². The molecule has 2 aromatic rings. The fourth-order valence-electron chi connectivity index (χ4n) is 2.39. The van der Waals surface area contributed by atoms with Crippen LogP contribution in [0, 0.1) is 13.8 Å². The van der Waals surface area contributed by atoms with Crippen LogP contribution in [0.1, 0.15) is 33.8 Å². The van der Waals surface area contributed by atoms with Crippen LogP contribution < -0.4 is 5.32 Å². The molecule has 2 rings (SSSR count). The molecule has 1 atom stereocenters. The van der Waals surface area contributed by atoms with E-state index in [0.29, 0.717) is 6.04 Å². The van der Waals surface area contributed by atoms with Gasteiger partial charge >= 0.3 is 0 Å². The van der Waals surface area contributed by atoms with Gasteiger partial charge in [-0.2, -0.15) is 0 Å². The second-order valence-corrected chi connectivity index (χ2v) is 7.19. The van der Waals surface area contributed by atoms with Crippen LogP contribution in [0.4, 0.5) is 0 Å². The first-order chi connectivity index (χ1) is 9.10. The van der Waals surface area contributed by atoms with E-state index in [1.807, 2.05) is 11.3 Å². The highest BCUT2D eigenvalue weighted by molar-refractivity contribution is 9.10. The van der Waals surface area contributed by atoms with Crippen molar-refractivity contribution in [3.05, 3.63) is 55.7 Å². The number of aryl methyl sites for hydroxylation is 2. The lowest BCUT2D eigenvalue weighted by molar-refractivity contribution is 0.549. The zero-order valence-corrected chi connectivity index (χ0v) is 14.1. The van der Waals surface area contributed by atoms with Crippen LogP contribution >= 0.6 is 27.3 Å².